The van der Waals surface area contributed by atoms with Crippen molar-refractivity contribution in [3.8, 4) is 0 Å². The Morgan fingerprint density at radius 1 is 1.29 bits per heavy atom. The molecule has 1 aromatic rings. The molecular formula is C14H22N2S. The van der Waals surface area contributed by atoms with Crippen LogP contribution in [0.15, 0.2) is 24.3 Å². The first-order valence-corrected chi connectivity index (χ1v) is 7.39. The predicted molar refractivity (Wildman–Crippen MR) is 77.8 cm³/mol. The number of nitrogens with zero attached hydrogens (tertiary/aromatic N) is 1. The third-order valence-corrected chi connectivity index (χ3v) is 4.76. The van der Waals surface area contributed by atoms with E-state index in [-0.39, 0.29) is 0 Å². The minimum Gasteiger partial charge on any atom is -0.383 e. The summed E-state index contributed by atoms with van der Waals surface area (Å²) in [7, 11) is 4.22. The van der Waals surface area contributed by atoms with Crippen LogP contribution in [0.1, 0.15) is 18.4 Å². The first-order valence-electron chi connectivity index (χ1n) is 6.17. The second-order valence-corrected chi connectivity index (χ2v) is 6.41. The van der Waals surface area contributed by atoms with Crippen LogP contribution in [0.4, 0.5) is 5.69 Å². The van der Waals surface area contributed by atoms with E-state index >= 15 is 0 Å². The van der Waals surface area contributed by atoms with Gasteiger partial charge in [-0.15, -0.1) is 0 Å². The third-order valence-electron chi connectivity index (χ3n) is 3.35. The molecule has 17 heavy (non-hydrogen) atoms. The lowest BCUT2D eigenvalue weighted by Crippen LogP contribution is -2.19. The van der Waals surface area contributed by atoms with Gasteiger partial charge in [0, 0.05) is 23.5 Å². The summed E-state index contributed by atoms with van der Waals surface area (Å²) in [6, 6.07) is 8.63. The maximum atomic E-state index is 3.62. The number of anilines is 1. The molecule has 94 valence electrons. The van der Waals surface area contributed by atoms with E-state index in [2.05, 4.69) is 54.8 Å². The van der Waals surface area contributed by atoms with Gasteiger partial charge < -0.3 is 10.2 Å². The molecule has 1 saturated carbocycles. The van der Waals surface area contributed by atoms with Gasteiger partial charge in [0.15, 0.2) is 0 Å². The summed E-state index contributed by atoms with van der Waals surface area (Å²) in [6.45, 7) is 2.09. The standard InChI is InChI=1S/C14H22N2S/c1-16(2)10-12-6-4-5-7-13(12)15-11-14(17-3)8-9-14/h4-7,15H,8-11H2,1-3H3. The Morgan fingerprint density at radius 3 is 2.59 bits per heavy atom. The number of thioether (sulfide) groups is 1. The number of nitrogens with one attached hydrogen (secondary N) is 1. The SMILES string of the molecule is CSC1(CNc2ccccc2CN(C)C)CC1. The van der Waals surface area contributed by atoms with Crippen molar-refractivity contribution in [3.63, 3.8) is 0 Å². The highest BCUT2D eigenvalue weighted by atomic mass is 32.2. The molecule has 0 atom stereocenters. The van der Waals surface area contributed by atoms with Gasteiger partial charge in [0.25, 0.3) is 0 Å². The maximum absolute atomic E-state index is 3.62. The summed E-state index contributed by atoms with van der Waals surface area (Å²) in [5, 5.41) is 3.62. The molecule has 0 aliphatic heterocycles. The van der Waals surface area contributed by atoms with Gasteiger partial charge in [-0.3, -0.25) is 0 Å². The van der Waals surface area contributed by atoms with Crippen LogP contribution in [-0.4, -0.2) is 36.5 Å². The Kier molecular flexibility index (Phi) is 4.00. The zero-order valence-electron chi connectivity index (χ0n) is 11.0. The van der Waals surface area contributed by atoms with E-state index in [4.69, 9.17) is 0 Å². The van der Waals surface area contributed by atoms with Crippen LogP contribution in [0.5, 0.6) is 0 Å². The average molecular weight is 250 g/mol. The summed E-state index contributed by atoms with van der Waals surface area (Å²) in [5.41, 5.74) is 2.68. The first-order chi connectivity index (χ1) is 8.15. The van der Waals surface area contributed by atoms with E-state index in [1.165, 1.54) is 24.1 Å². The van der Waals surface area contributed by atoms with Crippen molar-refractivity contribution in [3.05, 3.63) is 29.8 Å². The van der Waals surface area contributed by atoms with Gasteiger partial charge >= 0.3 is 0 Å². The lowest BCUT2D eigenvalue weighted by atomic mass is 10.1. The number of para-hydroxylation sites is 1. The van der Waals surface area contributed by atoms with Crippen LogP contribution in [0, 0.1) is 0 Å². The fourth-order valence-corrected chi connectivity index (χ4v) is 2.75. The summed E-state index contributed by atoms with van der Waals surface area (Å²) >= 11 is 2.00. The number of benzene rings is 1. The van der Waals surface area contributed by atoms with Gasteiger partial charge in [-0.2, -0.15) is 11.8 Å². The van der Waals surface area contributed by atoms with Crippen LogP contribution < -0.4 is 5.32 Å². The smallest absolute Gasteiger partial charge is 0.0386 e. The number of rotatable bonds is 6. The molecule has 2 rings (SSSR count). The highest BCUT2D eigenvalue weighted by Gasteiger charge is 2.41. The molecule has 3 heteroatoms. The zero-order valence-corrected chi connectivity index (χ0v) is 11.8. The largest absolute Gasteiger partial charge is 0.383 e. The van der Waals surface area contributed by atoms with Crippen LogP contribution in [-0.2, 0) is 6.54 Å². The van der Waals surface area contributed by atoms with Crippen molar-refractivity contribution < 1.29 is 0 Å². The summed E-state index contributed by atoms with van der Waals surface area (Å²) in [5.74, 6) is 0. The minimum atomic E-state index is 0.519. The van der Waals surface area contributed by atoms with Crippen molar-refractivity contribution in [1.82, 2.24) is 4.90 Å². The second kappa shape index (κ2) is 5.32. The van der Waals surface area contributed by atoms with E-state index in [0.717, 1.165) is 13.1 Å². The van der Waals surface area contributed by atoms with Crippen LogP contribution >= 0.6 is 11.8 Å². The Labute approximate surface area is 109 Å². The lowest BCUT2D eigenvalue weighted by molar-refractivity contribution is 0.403. The van der Waals surface area contributed by atoms with Crippen molar-refractivity contribution in [2.75, 3.05) is 32.2 Å². The van der Waals surface area contributed by atoms with Crippen molar-refractivity contribution in [2.24, 2.45) is 0 Å². The monoisotopic (exact) mass is 250 g/mol. The highest BCUT2D eigenvalue weighted by molar-refractivity contribution is 8.00. The molecule has 0 radical (unpaired) electrons. The maximum Gasteiger partial charge on any atom is 0.0386 e. The van der Waals surface area contributed by atoms with E-state index in [9.17, 15) is 0 Å². The highest BCUT2D eigenvalue weighted by Crippen LogP contribution is 2.47. The molecule has 1 aliphatic carbocycles. The topological polar surface area (TPSA) is 15.3 Å². The molecule has 0 aromatic heterocycles. The quantitative estimate of drug-likeness (QED) is 0.835. The van der Waals surface area contributed by atoms with E-state index in [1.807, 2.05) is 11.8 Å². The average Bonchev–Trinajstić information content (AvgIpc) is 3.08. The van der Waals surface area contributed by atoms with E-state index in [1.54, 1.807) is 0 Å². The van der Waals surface area contributed by atoms with Gasteiger partial charge in [0.05, 0.1) is 0 Å². The molecule has 1 fully saturated rings. The van der Waals surface area contributed by atoms with Crippen LogP contribution in [0.3, 0.4) is 0 Å². The molecule has 1 aliphatic rings. The summed E-state index contributed by atoms with van der Waals surface area (Å²) in [6.07, 6.45) is 4.94. The number of hydrogen-bond donors (Lipinski definition) is 1. The molecule has 0 amide bonds. The van der Waals surface area contributed by atoms with Crippen LogP contribution in [0.2, 0.25) is 0 Å². The van der Waals surface area contributed by atoms with Gasteiger partial charge in [0.2, 0.25) is 0 Å². The minimum absolute atomic E-state index is 0.519. The molecular weight excluding hydrogens is 228 g/mol. The normalized spacial score (nSPS) is 17.2. The molecule has 0 unspecified atom stereocenters. The zero-order chi connectivity index (χ0) is 12.3. The molecule has 2 nitrogen and oxygen atoms in total. The fourth-order valence-electron chi connectivity index (χ4n) is 2.02. The molecule has 0 bridgehead atoms. The summed E-state index contributed by atoms with van der Waals surface area (Å²) in [4.78, 5) is 2.21. The Balaban J connectivity index is 1.99. The van der Waals surface area contributed by atoms with E-state index in [0.29, 0.717) is 4.75 Å². The van der Waals surface area contributed by atoms with Crippen molar-refractivity contribution >= 4 is 17.4 Å². The van der Waals surface area contributed by atoms with Crippen molar-refractivity contribution in [2.45, 2.75) is 24.1 Å². The summed E-state index contributed by atoms with van der Waals surface area (Å²) < 4.78 is 0.519. The van der Waals surface area contributed by atoms with Gasteiger partial charge in [-0.1, -0.05) is 18.2 Å². The molecule has 0 saturated heterocycles. The van der Waals surface area contributed by atoms with Crippen molar-refractivity contribution in [1.29, 1.82) is 0 Å². The van der Waals surface area contributed by atoms with Crippen LogP contribution in [0.25, 0.3) is 0 Å². The molecule has 1 N–H and O–H groups in total. The van der Waals surface area contributed by atoms with Gasteiger partial charge in [0.1, 0.15) is 0 Å². The second-order valence-electron chi connectivity index (χ2n) is 5.14. The molecule has 1 aromatic carbocycles. The molecule has 0 heterocycles. The fraction of sp³-hybridized carbons (Fsp3) is 0.571. The predicted octanol–water partition coefficient (Wildman–Crippen LogP) is 3.06. The van der Waals surface area contributed by atoms with Gasteiger partial charge in [-0.05, 0) is 44.8 Å². The molecule has 0 spiro atoms. The Hall–Kier alpha value is -0.670. The Morgan fingerprint density at radius 2 is 2.00 bits per heavy atom. The van der Waals surface area contributed by atoms with E-state index < -0.39 is 0 Å². The first kappa shape index (κ1) is 12.8. The third kappa shape index (κ3) is 3.39. The lowest BCUT2D eigenvalue weighted by Gasteiger charge is -2.18. The van der Waals surface area contributed by atoms with Gasteiger partial charge in [-0.25, -0.2) is 0 Å². The Bertz CT molecular complexity index is 372. The number of hydrogen-bond acceptors (Lipinski definition) is 3.